The highest BCUT2D eigenvalue weighted by atomic mass is 32.2. The Morgan fingerprint density at radius 1 is 1.17 bits per heavy atom. The van der Waals surface area contributed by atoms with Gasteiger partial charge in [0.05, 0.1) is 0 Å². The second-order valence-electron chi connectivity index (χ2n) is 3.73. The number of thioether (sulfide) groups is 1. The molecule has 0 heterocycles. The molecule has 2 aromatic carbocycles. The first-order valence-corrected chi connectivity index (χ1v) is 6.76. The van der Waals surface area contributed by atoms with Crippen molar-refractivity contribution in [3.8, 4) is 11.5 Å². The third-order valence-corrected chi connectivity index (χ3v) is 3.27. The molecule has 2 nitrogen and oxygen atoms in total. The Morgan fingerprint density at radius 3 is 2.50 bits per heavy atom. The van der Waals surface area contributed by atoms with E-state index in [4.69, 9.17) is 10.5 Å². The third kappa shape index (κ3) is 3.03. The van der Waals surface area contributed by atoms with Crippen LogP contribution in [0.3, 0.4) is 0 Å². The Kier molecular flexibility index (Phi) is 4.23. The summed E-state index contributed by atoms with van der Waals surface area (Å²) in [5.41, 5.74) is 6.23. The molecule has 2 rings (SSSR count). The van der Waals surface area contributed by atoms with Crippen molar-refractivity contribution in [2.75, 3.05) is 6.26 Å². The minimum Gasteiger partial charge on any atom is -0.457 e. The zero-order chi connectivity index (χ0) is 13.0. The van der Waals surface area contributed by atoms with Crippen molar-refractivity contribution in [3.63, 3.8) is 0 Å². The molecule has 0 bridgehead atoms. The van der Waals surface area contributed by atoms with E-state index >= 15 is 0 Å². The van der Waals surface area contributed by atoms with E-state index in [1.165, 1.54) is 17.0 Å². The summed E-state index contributed by atoms with van der Waals surface area (Å²) in [5, 5.41) is 0. The van der Waals surface area contributed by atoms with Crippen LogP contribution in [0.1, 0.15) is 5.56 Å². The van der Waals surface area contributed by atoms with Gasteiger partial charge in [0.2, 0.25) is 0 Å². The van der Waals surface area contributed by atoms with Crippen molar-refractivity contribution in [2.24, 2.45) is 5.73 Å². The third-order valence-electron chi connectivity index (χ3n) is 2.53. The molecule has 94 valence electrons. The largest absolute Gasteiger partial charge is 0.457 e. The summed E-state index contributed by atoms with van der Waals surface area (Å²) in [5.74, 6) is 1.01. The van der Waals surface area contributed by atoms with Gasteiger partial charge in [0.1, 0.15) is 17.3 Å². The molecule has 0 radical (unpaired) electrons. The van der Waals surface area contributed by atoms with Crippen molar-refractivity contribution < 1.29 is 9.13 Å². The minimum absolute atomic E-state index is 0.246. The molecule has 18 heavy (non-hydrogen) atoms. The number of halogens is 1. The smallest absolute Gasteiger partial charge is 0.132 e. The molecule has 0 atom stereocenters. The standard InChI is InChI=1S/C14H14FNOS/c1-18-13-5-3-12(4-6-13)17-14-7-2-11(15)8-10(14)9-16/h2-8H,9,16H2,1H3. The Hall–Kier alpha value is -1.52. The minimum atomic E-state index is -0.305. The summed E-state index contributed by atoms with van der Waals surface area (Å²) < 4.78 is 18.8. The van der Waals surface area contributed by atoms with E-state index in [0.29, 0.717) is 17.1 Å². The molecule has 0 aliphatic carbocycles. The highest BCUT2D eigenvalue weighted by Crippen LogP contribution is 2.27. The average molecular weight is 263 g/mol. The number of benzene rings is 2. The van der Waals surface area contributed by atoms with Gasteiger partial charge in [-0.25, -0.2) is 4.39 Å². The fourth-order valence-corrected chi connectivity index (χ4v) is 1.99. The van der Waals surface area contributed by atoms with Crippen molar-refractivity contribution in [1.29, 1.82) is 0 Å². The van der Waals surface area contributed by atoms with Gasteiger partial charge in [-0.3, -0.25) is 0 Å². The maximum absolute atomic E-state index is 13.1. The Bertz CT molecular complexity index is 528. The Labute approximate surface area is 110 Å². The first-order chi connectivity index (χ1) is 8.72. The lowest BCUT2D eigenvalue weighted by atomic mass is 10.2. The van der Waals surface area contributed by atoms with Crippen molar-refractivity contribution >= 4 is 11.8 Å². The van der Waals surface area contributed by atoms with Crippen molar-refractivity contribution in [1.82, 2.24) is 0 Å². The first kappa shape index (κ1) is 12.9. The molecule has 0 saturated carbocycles. The summed E-state index contributed by atoms with van der Waals surface area (Å²) in [4.78, 5) is 1.17. The number of nitrogens with two attached hydrogens (primary N) is 1. The molecule has 0 amide bonds. The van der Waals surface area contributed by atoms with Gasteiger partial charge in [-0.05, 0) is 48.7 Å². The number of ether oxygens (including phenoxy) is 1. The maximum Gasteiger partial charge on any atom is 0.132 e. The summed E-state index contributed by atoms with van der Waals surface area (Å²) in [6.45, 7) is 0.246. The van der Waals surface area contributed by atoms with E-state index in [1.54, 1.807) is 17.8 Å². The van der Waals surface area contributed by atoms with Crippen LogP contribution in [-0.4, -0.2) is 6.26 Å². The lowest BCUT2D eigenvalue weighted by Crippen LogP contribution is -2.00. The van der Waals surface area contributed by atoms with Gasteiger partial charge in [-0.2, -0.15) is 0 Å². The molecule has 0 unspecified atom stereocenters. The predicted molar refractivity (Wildman–Crippen MR) is 72.6 cm³/mol. The lowest BCUT2D eigenvalue weighted by molar-refractivity contribution is 0.473. The molecule has 0 aliphatic heterocycles. The van der Waals surface area contributed by atoms with Gasteiger partial charge in [0.15, 0.2) is 0 Å². The van der Waals surface area contributed by atoms with Crippen LogP contribution in [0.25, 0.3) is 0 Å². The van der Waals surface area contributed by atoms with Gasteiger partial charge in [0, 0.05) is 17.0 Å². The summed E-state index contributed by atoms with van der Waals surface area (Å²) in [6.07, 6.45) is 2.02. The van der Waals surface area contributed by atoms with Crippen LogP contribution in [0.15, 0.2) is 47.4 Å². The first-order valence-electron chi connectivity index (χ1n) is 5.53. The van der Waals surface area contributed by atoms with E-state index < -0.39 is 0 Å². The monoisotopic (exact) mass is 263 g/mol. The molecule has 0 spiro atoms. The van der Waals surface area contributed by atoms with Crippen molar-refractivity contribution in [3.05, 3.63) is 53.8 Å². The summed E-state index contributed by atoms with van der Waals surface area (Å²) in [6, 6.07) is 12.1. The molecular weight excluding hydrogens is 249 g/mol. The quantitative estimate of drug-likeness (QED) is 0.852. The van der Waals surface area contributed by atoms with Crippen LogP contribution in [0.4, 0.5) is 4.39 Å². The van der Waals surface area contributed by atoms with E-state index in [2.05, 4.69) is 0 Å². The fraction of sp³-hybridized carbons (Fsp3) is 0.143. The van der Waals surface area contributed by atoms with Gasteiger partial charge < -0.3 is 10.5 Å². The zero-order valence-corrected chi connectivity index (χ0v) is 10.8. The van der Waals surface area contributed by atoms with Crippen LogP contribution < -0.4 is 10.5 Å². The molecule has 2 aromatic rings. The molecule has 0 aliphatic rings. The lowest BCUT2D eigenvalue weighted by Gasteiger charge is -2.10. The number of hydrogen-bond donors (Lipinski definition) is 1. The van der Waals surface area contributed by atoms with Crippen LogP contribution >= 0.6 is 11.8 Å². The highest BCUT2D eigenvalue weighted by Gasteiger charge is 2.05. The van der Waals surface area contributed by atoms with Gasteiger partial charge in [-0.1, -0.05) is 0 Å². The topological polar surface area (TPSA) is 35.2 Å². The van der Waals surface area contributed by atoms with E-state index in [0.717, 1.165) is 0 Å². The van der Waals surface area contributed by atoms with Crippen LogP contribution in [0.2, 0.25) is 0 Å². The zero-order valence-electron chi connectivity index (χ0n) is 10.0. The molecule has 0 saturated heterocycles. The average Bonchev–Trinajstić information content (AvgIpc) is 2.41. The predicted octanol–water partition coefficient (Wildman–Crippen LogP) is 3.80. The number of rotatable bonds is 4. The SMILES string of the molecule is CSc1ccc(Oc2ccc(F)cc2CN)cc1. The second-order valence-corrected chi connectivity index (χ2v) is 4.61. The fourth-order valence-electron chi connectivity index (χ4n) is 1.58. The van der Waals surface area contributed by atoms with E-state index in [1.807, 2.05) is 30.5 Å². The Balaban J connectivity index is 2.22. The van der Waals surface area contributed by atoms with Gasteiger partial charge in [0.25, 0.3) is 0 Å². The van der Waals surface area contributed by atoms with Gasteiger partial charge in [-0.15, -0.1) is 11.8 Å². The Morgan fingerprint density at radius 2 is 1.89 bits per heavy atom. The molecule has 0 fully saturated rings. The molecular formula is C14H14FNOS. The molecule has 0 aromatic heterocycles. The van der Waals surface area contributed by atoms with E-state index in [-0.39, 0.29) is 12.4 Å². The molecule has 4 heteroatoms. The summed E-state index contributed by atoms with van der Waals surface area (Å²) in [7, 11) is 0. The normalized spacial score (nSPS) is 10.4. The number of hydrogen-bond acceptors (Lipinski definition) is 3. The van der Waals surface area contributed by atoms with Gasteiger partial charge >= 0.3 is 0 Å². The maximum atomic E-state index is 13.1. The molecule has 2 N–H and O–H groups in total. The van der Waals surface area contributed by atoms with Crippen LogP contribution in [0, 0.1) is 5.82 Å². The highest BCUT2D eigenvalue weighted by molar-refractivity contribution is 7.98. The van der Waals surface area contributed by atoms with Crippen molar-refractivity contribution in [2.45, 2.75) is 11.4 Å². The van der Waals surface area contributed by atoms with E-state index in [9.17, 15) is 4.39 Å². The second kappa shape index (κ2) is 5.89. The summed E-state index contributed by atoms with van der Waals surface area (Å²) >= 11 is 1.67. The van der Waals surface area contributed by atoms with Crippen LogP contribution in [0.5, 0.6) is 11.5 Å². The van der Waals surface area contributed by atoms with Crippen LogP contribution in [-0.2, 0) is 6.54 Å².